The summed E-state index contributed by atoms with van der Waals surface area (Å²) >= 11 is 0. The molecule has 0 aliphatic carbocycles. The zero-order valence-corrected chi connectivity index (χ0v) is 14.8. The molecule has 3 rings (SSSR count). The van der Waals surface area contributed by atoms with Crippen molar-refractivity contribution < 1.29 is 9.59 Å². The number of benzene rings is 3. The second kappa shape index (κ2) is 8.30. The van der Waals surface area contributed by atoms with Crippen LogP contribution in [0.5, 0.6) is 0 Å². The molecule has 0 aliphatic heterocycles. The SMILES string of the molecule is Cc1ccc(CNC(=O)CNC(=O)Cc2cccc3ccccc23)cc1. The molecule has 2 amide bonds. The Kier molecular flexibility index (Phi) is 5.64. The van der Waals surface area contributed by atoms with Crippen molar-refractivity contribution in [2.45, 2.75) is 19.9 Å². The van der Waals surface area contributed by atoms with Crippen molar-refractivity contribution in [1.29, 1.82) is 0 Å². The number of fused-ring (bicyclic) bond motifs is 1. The number of carbonyl (C=O) groups is 2. The molecule has 3 aromatic carbocycles. The van der Waals surface area contributed by atoms with Gasteiger partial charge in [0.2, 0.25) is 11.8 Å². The normalized spacial score (nSPS) is 10.5. The Morgan fingerprint density at radius 1 is 0.808 bits per heavy atom. The van der Waals surface area contributed by atoms with Crippen LogP contribution >= 0.6 is 0 Å². The first kappa shape index (κ1) is 17.7. The Hall–Kier alpha value is -3.14. The molecule has 0 saturated carbocycles. The first-order valence-electron chi connectivity index (χ1n) is 8.67. The van der Waals surface area contributed by atoms with Crippen LogP contribution in [0.2, 0.25) is 0 Å². The fourth-order valence-corrected chi connectivity index (χ4v) is 2.83. The lowest BCUT2D eigenvalue weighted by Crippen LogP contribution is -2.37. The van der Waals surface area contributed by atoms with Crippen LogP contribution in [0.25, 0.3) is 10.8 Å². The van der Waals surface area contributed by atoms with Gasteiger partial charge < -0.3 is 10.6 Å². The molecule has 2 N–H and O–H groups in total. The van der Waals surface area contributed by atoms with Crippen molar-refractivity contribution in [3.8, 4) is 0 Å². The molecule has 4 nitrogen and oxygen atoms in total. The Morgan fingerprint density at radius 3 is 2.35 bits per heavy atom. The van der Waals surface area contributed by atoms with Crippen molar-refractivity contribution in [3.05, 3.63) is 83.4 Å². The predicted molar refractivity (Wildman–Crippen MR) is 104 cm³/mol. The van der Waals surface area contributed by atoms with Gasteiger partial charge in [0.1, 0.15) is 0 Å². The van der Waals surface area contributed by atoms with Gasteiger partial charge in [-0.2, -0.15) is 0 Å². The maximum Gasteiger partial charge on any atom is 0.239 e. The number of rotatable bonds is 6. The molecule has 4 heteroatoms. The van der Waals surface area contributed by atoms with E-state index in [-0.39, 0.29) is 24.8 Å². The Balaban J connectivity index is 1.49. The van der Waals surface area contributed by atoms with Gasteiger partial charge >= 0.3 is 0 Å². The second-order valence-corrected chi connectivity index (χ2v) is 6.35. The minimum Gasteiger partial charge on any atom is -0.350 e. The summed E-state index contributed by atoms with van der Waals surface area (Å²) in [6.07, 6.45) is 0.257. The third-order valence-electron chi connectivity index (χ3n) is 4.29. The lowest BCUT2D eigenvalue weighted by molar-refractivity contribution is -0.125. The van der Waals surface area contributed by atoms with Crippen LogP contribution in [0.15, 0.2) is 66.7 Å². The molecule has 0 radical (unpaired) electrons. The van der Waals surface area contributed by atoms with Gasteiger partial charge in [-0.1, -0.05) is 72.3 Å². The van der Waals surface area contributed by atoms with Gasteiger partial charge in [-0.3, -0.25) is 9.59 Å². The topological polar surface area (TPSA) is 58.2 Å². The zero-order valence-electron chi connectivity index (χ0n) is 14.8. The summed E-state index contributed by atoms with van der Waals surface area (Å²) in [5, 5.41) is 7.67. The summed E-state index contributed by atoms with van der Waals surface area (Å²) in [4.78, 5) is 24.1. The Morgan fingerprint density at radius 2 is 1.54 bits per heavy atom. The number of aryl methyl sites for hydroxylation is 1. The van der Waals surface area contributed by atoms with Gasteiger partial charge in [0.25, 0.3) is 0 Å². The average molecular weight is 346 g/mol. The number of hydrogen-bond acceptors (Lipinski definition) is 2. The first-order valence-corrected chi connectivity index (χ1v) is 8.67. The fraction of sp³-hybridized carbons (Fsp3) is 0.182. The smallest absolute Gasteiger partial charge is 0.239 e. The molecule has 0 aliphatic rings. The third kappa shape index (κ3) is 4.70. The summed E-state index contributed by atoms with van der Waals surface area (Å²) in [6.45, 7) is 2.46. The van der Waals surface area contributed by atoms with Gasteiger partial charge in [-0.15, -0.1) is 0 Å². The van der Waals surface area contributed by atoms with E-state index < -0.39 is 0 Å². The van der Waals surface area contributed by atoms with Crippen molar-refractivity contribution in [2.75, 3.05) is 6.54 Å². The maximum absolute atomic E-state index is 12.2. The van der Waals surface area contributed by atoms with E-state index in [4.69, 9.17) is 0 Å². The van der Waals surface area contributed by atoms with Crippen LogP contribution < -0.4 is 10.6 Å². The van der Waals surface area contributed by atoms with Crippen LogP contribution in [0, 0.1) is 6.92 Å². The van der Waals surface area contributed by atoms with E-state index in [1.54, 1.807) is 0 Å². The molecule has 0 saturated heterocycles. The summed E-state index contributed by atoms with van der Waals surface area (Å²) in [5.41, 5.74) is 3.17. The van der Waals surface area contributed by atoms with E-state index >= 15 is 0 Å². The number of nitrogens with one attached hydrogen (secondary N) is 2. The molecule has 0 heterocycles. The van der Waals surface area contributed by atoms with Gasteiger partial charge in [-0.25, -0.2) is 0 Å². The van der Waals surface area contributed by atoms with Gasteiger partial charge in [0.15, 0.2) is 0 Å². The molecular weight excluding hydrogens is 324 g/mol. The van der Waals surface area contributed by atoms with E-state index in [1.165, 1.54) is 5.56 Å². The van der Waals surface area contributed by atoms with Crippen molar-refractivity contribution >= 4 is 22.6 Å². The molecule has 0 atom stereocenters. The highest BCUT2D eigenvalue weighted by molar-refractivity contribution is 5.91. The van der Waals surface area contributed by atoms with Crippen LogP contribution in [0.4, 0.5) is 0 Å². The second-order valence-electron chi connectivity index (χ2n) is 6.35. The minimum atomic E-state index is -0.197. The standard InChI is InChI=1S/C22H22N2O2/c1-16-9-11-17(12-10-16)14-23-22(26)15-24-21(25)13-19-7-4-6-18-5-2-3-8-20(18)19/h2-12H,13-15H2,1H3,(H,23,26)(H,24,25). The summed E-state index contributed by atoms with van der Waals surface area (Å²) in [7, 11) is 0. The quantitative estimate of drug-likeness (QED) is 0.720. The highest BCUT2D eigenvalue weighted by Gasteiger charge is 2.08. The summed E-state index contributed by atoms with van der Waals surface area (Å²) < 4.78 is 0. The maximum atomic E-state index is 12.2. The van der Waals surface area contributed by atoms with Gasteiger partial charge in [-0.05, 0) is 28.8 Å². The zero-order chi connectivity index (χ0) is 18.4. The fourth-order valence-electron chi connectivity index (χ4n) is 2.83. The van der Waals surface area contributed by atoms with Crippen LogP contribution in [-0.4, -0.2) is 18.4 Å². The van der Waals surface area contributed by atoms with Crippen LogP contribution in [0.1, 0.15) is 16.7 Å². The molecular formula is C22H22N2O2. The van der Waals surface area contributed by atoms with E-state index in [1.807, 2.05) is 73.7 Å². The van der Waals surface area contributed by atoms with Crippen molar-refractivity contribution in [1.82, 2.24) is 10.6 Å². The number of carbonyl (C=O) groups excluding carboxylic acids is 2. The molecule has 0 aromatic heterocycles. The van der Waals surface area contributed by atoms with Crippen molar-refractivity contribution in [3.63, 3.8) is 0 Å². The largest absolute Gasteiger partial charge is 0.350 e. The number of hydrogen-bond donors (Lipinski definition) is 2. The highest BCUT2D eigenvalue weighted by Crippen LogP contribution is 2.18. The van der Waals surface area contributed by atoms with Crippen molar-refractivity contribution in [2.24, 2.45) is 0 Å². The first-order chi connectivity index (χ1) is 12.6. The van der Waals surface area contributed by atoms with E-state index in [0.717, 1.165) is 21.9 Å². The molecule has 0 unspecified atom stereocenters. The Bertz CT molecular complexity index is 912. The van der Waals surface area contributed by atoms with E-state index in [2.05, 4.69) is 10.6 Å². The van der Waals surface area contributed by atoms with Crippen LogP contribution in [0.3, 0.4) is 0 Å². The average Bonchev–Trinajstić information content (AvgIpc) is 2.66. The molecule has 132 valence electrons. The molecule has 0 spiro atoms. The van der Waals surface area contributed by atoms with E-state index in [0.29, 0.717) is 6.54 Å². The third-order valence-corrected chi connectivity index (χ3v) is 4.29. The lowest BCUT2D eigenvalue weighted by Gasteiger charge is -2.09. The molecule has 0 bridgehead atoms. The molecule has 3 aromatic rings. The number of amides is 2. The summed E-state index contributed by atoms with van der Waals surface area (Å²) in [6, 6.07) is 21.9. The highest BCUT2D eigenvalue weighted by atomic mass is 16.2. The Labute approximate surface area is 153 Å². The lowest BCUT2D eigenvalue weighted by atomic mass is 10.0. The van der Waals surface area contributed by atoms with E-state index in [9.17, 15) is 9.59 Å². The molecule has 0 fully saturated rings. The van der Waals surface area contributed by atoms with Gasteiger partial charge in [0.05, 0.1) is 13.0 Å². The summed E-state index contributed by atoms with van der Waals surface area (Å²) in [5.74, 6) is -0.358. The monoisotopic (exact) mass is 346 g/mol. The molecule has 26 heavy (non-hydrogen) atoms. The van der Waals surface area contributed by atoms with Gasteiger partial charge in [0, 0.05) is 6.54 Å². The minimum absolute atomic E-state index is 0.0184. The van der Waals surface area contributed by atoms with Crippen LogP contribution in [-0.2, 0) is 22.6 Å². The predicted octanol–water partition coefficient (Wildman–Crippen LogP) is 3.12.